The molecule has 0 radical (unpaired) electrons. The molecule has 1 aromatic carbocycles. The number of aromatic nitrogens is 5. The van der Waals surface area contributed by atoms with Gasteiger partial charge < -0.3 is 9.67 Å². The average Bonchev–Trinajstić information content (AvgIpc) is 3.08. The monoisotopic (exact) mass is 327 g/mol. The van der Waals surface area contributed by atoms with E-state index in [9.17, 15) is 9.90 Å². The van der Waals surface area contributed by atoms with Crippen molar-refractivity contribution in [1.29, 1.82) is 0 Å². The van der Waals surface area contributed by atoms with Crippen LogP contribution in [0.25, 0.3) is 28.1 Å². The van der Waals surface area contributed by atoms with E-state index in [0.717, 1.165) is 0 Å². The van der Waals surface area contributed by atoms with E-state index in [1.54, 1.807) is 42.2 Å². The maximum absolute atomic E-state index is 11.6. The van der Waals surface area contributed by atoms with E-state index in [2.05, 4.69) is 15.0 Å². The van der Waals surface area contributed by atoms with Crippen LogP contribution < -0.4 is 0 Å². The van der Waals surface area contributed by atoms with Gasteiger partial charge in [0.15, 0.2) is 5.82 Å². The maximum atomic E-state index is 11.6. The van der Waals surface area contributed by atoms with Crippen LogP contribution in [0.3, 0.4) is 0 Å². The molecule has 2 aliphatic heterocycles. The number of imidazole rings is 1. The van der Waals surface area contributed by atoms with E-state index < -0.39 is 6.09 Å². The third-order valence-electron chi connectivity index (χ3n) is 3.77. The van der Waals surface area contributed by atoms with Crippen molar-refractivity contribution in [2.75, 3.05) is 0 Å². The van der Waals surface area contributed by atoms with Gasteiger partial charge in [-0.25, -0.2) is 24.3 Å². The highest BCUT2D eigenvalue weighted by molar-refractivity contribution is 6.36. The Morgan fingerprint density at radius 2 is 2.09 bits per heavy atom. The fourth-order valence-electron chi connectivity index (χ4n) is 2.83. The summed E-state index contributed by atoms with van der Waals surface area (Å²) in [6.45, 7) is 1.73. The van der Waals surface area contributed by atoms with Crippen molar-refractivity contribution < 1.29 is 9.90 Å². The van der Waals surface area contributed by atoms with E-state index in [0.29, 0.717) is 38.8 Å². The van der Waals surface area contributed by atoms with Crippen LogP contribution in [0.1, 0.15) is 5.69 Å². The number of halogens is 1. The molecule has 23 heavy (non-hydrogen) atoms. The molecule has 0 amide bonds. The van der Waals surface area contributed by atoms with Gasteiger partial charge in [-0.1, -0.05) is 17.7 Å². The molecule has 0 aliphatic carbocycles. The molecule has 7 nitrogen and oxygen atoms in total. The standard InChI is InChI=1S/C15H10ClN5O2/c1-8-13(20-5-10-14(19-7-20)18-6-17-10)12-9(16)3-2-4-11(12)21(8)15(22)23/h2-7H,1H3,(H,22,23). The molecule has 0 spiro atoms. The Hall–Kier alpha value is -2.93. The topological polar surface area (TPSA) is 85.8 Å². The van der Waals surface area contributed by atoms with Crippen LogP contribution in [-0.4, -0.2) is 35.3 Å². The number of fused-ring (bicyclic) bond motifs is 2. The summed E-state index contributed by atoms with van der Waals surface area (Å²) in [5.41, 5.74) is 2.35. The molecule has 1 aromatic heterocycles. The van der Waals surface area contributed by atoms with Gasteiger partial charge in [0.2, 0.25) is 0 Å². The Bertz CT molecular complexity index is 1040. The predicted octanol–water partition coefficient (Wildman–Crippen LogP) is 3.21. The van der Waals surface area contributed by atoms with Crippen LogP contribution in [0.4, 0.5) is 4.79 Å². The van der Waals surface area contributed by atoms with Gasteiger partial charge >= 0.3 is 6.09 Å². The highest BCUT2D eigenvalue weighted by atomic mass is 35.5. The molecule has 0 saturated carbocycles. The summed E-state index contributed by atoms with van der Waals surface area (Å²) in [6, 6.07) is 5.18. The van der Waals surface area contributed by atoms with Crippen molar-refractivity contribution in [1.82, 2.24) is 24.1 Å². The zero-order valence-corrected chi connectivity index (χ0v) is 12.7. The summed E-state index contributed by atoms with van der Waals surface area (Å²) in [5.74, 6) is 0.534. The molecule has 2 aliphatic rings. The minimum Gasteiger partial charge on any atom is -0.464 e. The molecule has 8 heteroatoms. The summed E-state index contributed by atoms with van der Waals surface area (Å²) >= 11 is 6.33. The lowest BCUT2D eigenvalue weighted by Crippen LogP contribution is -2.10. The first-order valence-electron chi connectivity index (χ1n) is 6.76. The number of rotatable bonds is 1. The third-order valence-corrected chi connectivity index (χ3v) is 4.08. The fraction of sp³-hybridized carbons (Fsp3) is 0.0667. The molecule has 0 unspecified atom stereocenters. The second kappa shape index (κ2) is 4.79. The van der Waals surface area contributed by atoms with Gasteiger partial charge in [-0.3, -0.25) is 0 Å². The number of hydrogen-bond donors (Lipinski definition) is 1. The summed E-state index contributed by atoms with van der Waals surface area (Å²) in [4.78, 5) is 24.0. The first kappa shape index (κ1) is 13.7. The highest BCUT2D eigenvalue weighted by Crippen LogP contribution is 2.34. The zero-order valence-electron chi connectivity index (χ0n) is 11.9. The maximum Gasteiger partial charge on any atom is 0.416 e. The minimum absolute atomic E-state index is 0.474. The molecule has 4 rings (SSSR count). The summed E-state index contributed by atoms with van der Waals surface area (Å²) < 4.78 is 2.93. The Balaban J connectivity index is 2.13. The van der Waals surface area contributed by atoms with Gasteiger partial charge in [-0.2, -0.15) is 0 Å². The normalized spacial score (nSPS) is 11.4. The van der Waals surface area contributed by atoms with Crippen LogP contribution in [-0.2, 0) is 0 Å². The van der Waals surface area contributed by atoms with Gasteiger partial charge in [-0.05, 0) is 19.1 Å². The quantitative estimate of drug-likeness (QED) is 0.580. The molecule has 0 fully saturated rings. The van der Waals surface area contributed by atoms with E-state index >= 15 is 0 Å². The van der Waals surface area contributed by atoms with Crippen LogP contribution in [0.15, 0.2) is 37.1 Å². The van der Waals surface area contributed by atoms with Crippen molar-refractivity contribution in [3.63, 3.8) is 0 Å². The first-order valence-corrected chi connectivity index (χ1v) is 7.13. The summed E-state index contributed by atoms with van der Waals surface area (Å²) in [5, 5.41) is 10.7. The molecule has 0 atom stereocenters. The van der Waals surface area contributed by atoms with E-state index in [-0.39, 0.29) is 0 Å². The van der Waals surface area contributed by atoms with Crippen molar-refractivity contribution >= 4 is 28.6 Å². The van der Waals surface area contributed by atoms with Gasteiger partial charge in [0, 0.05) is 11.6 Å². The first-order chi connectivity index (χ1) is 11.1. The van der Waals surface area contributed by atoms with Gasteiger partial charge in [0.25, 0.3) is 0 Å². The SMILES string of the molecule is Cc1c(-n2cnc3ncnc-3c2)c2c(Cl)cccc2n1C(=O)O. The number of carboxylic acid groups (broad SMARTS) is 1. The second-order valence-electron chi connectivity index (χ2n) is 5.05. The van der Waals surface area contributed by atoms with Crippen LogP contribution in [0.2, 0.25) is 5.02 Å². The lowest BCUT2D eigenvalue weighted by molar-refractivity contribution is 0.197. The van der Waals surface area contributed by atoms with Crippen molar-refractivity contribution in [3.05, 3.63) is 47.8 Å². The minimum atomic E-state index is -1.07. The van der Waals surface area contributed by atoms with Gasteiger partial charge in [0.1, 0.15) is 18.3 Å². The molecule has 2 aromatic rings. The smallest absolute Gasteiger partial charge is 0.416 e. The van der Waals surface area contributed by atoms with Crippen molar-refractivity contribution in [2.24, 2.45) is 0 Å². The molecule has 3 heterocycles. The molecule has 0 saturated heterocycles. The largest absolute Gasteiger partial charge is 0.464 e. The van der Waals surface area contributed by atoms with E-state index in [1.807, 2.05) is 0 Å². The van der Waals surface area contributed by atoms with Crippen LogP contribution >= 0.6 is 11.6 Å². The average molecular weight is 328 g/mol. The molecular formula is C15H10ClN5O2. The Morgan fingerprint density at radius 3 is 2.87 bits per heavy atom. The third kappa shape index (κ3) is 1.90. The highest BCUT2D eigenvalue weighted by Gasteiger charge is 2.21. The Kier molecular flexibility index (Phi) is 2.85. The van der Waals surface area contributed by atoms with E-state index in [4.69, 9.17) is 11.6 Å². The molecule has 0 bridgehead atoms. The number of nitrogens with zero attached hydrogens (tertiary/aromatic N) is 5. The van der Waals surface area contributed by atoms with Crippen LogP contribution in [0, 0.1) is 6.92 Å². The Labute approximate surface area is 135 Å². The predicted molar refractivity (Wildman–Crippen MR) is 84.4 cm³/mol. The number of carbonyl (C=O) groups is 1. The number of hydrogen-bond acceptors (Lipinski definition) is 4. The van der Waals surface area contributed by atoms with E-state index in [1.165, 1.54) is 10.9 Å². The number of benzene rings is 1. The lowest BCUT2D eigenvalue weighted by atomic mass is 10.2. The van der Waals surface area contributed by atoms with Gasteiger partial charge in [-0.15, -0.1) is 0 Å². The molecule has 114 valence electrons. The van der Waals surface area contributed by atoms with Crippen LogP contribution in [0.5, 0.6) is 0 Å². The second-order valence-corrected chi connectivity index (χ2v) is 5.46. The summed E-state index contributed by atoms with van der Waals surface area (Å²) in [7, 11) is 0. The fourth-order valence-corrected chi connectivity index (χ4v) is 3.09. The molecular weight excluding hydrogens is 318 g/mol. The van der Waals surface area contributed by atoms with Gasteiger partial charge in [0.05, 0.1) is 21.9 Å². The Morgan fingerprint density at radius 1 is 1.26 bits per heavy atom. The van der Waals surface area contributed by atoms with Crippen molar-refractivity contribution in [2.45, 2.75) is 6.92 Å². The lowest BCUT2D eigenvalue weighted by Gasteiger charge is -2.08. The summed E-state index contributed by atoms with van der Waals surface area (Å²) in [6.07, 6.45) is 3.70. The van der Waals surface area contributed by atoms with Crippen molar-refractivity contribution in [3.8, 4) is 17.2 Å². The molecule has 1 N–H and O–H groups in total. The zero-order chi connectivity index (χ0) is 16.1.